The van der Waals surface area contributed by atoms with Gasteiger partial charge in [0.15, 0.2) is 5.78 Å². The maximum Gasteiger partial charge on any atom is 0.270 e. The third-order valence-electron chi connectivity index (χ3n) is 5.48. The average Bonchev–Trinajstić information content (AvgIpc) is 3.10. The number of nitrogens with zero attached hydrogens (tertiary/aromatic N) is 2. The first-order chi connectivity index (χ1) is 15.0. The van der Waals surface area contributed by atoms with E-state index < -0.39 is 4.92 Å². The van der Waals surface area contributed by atoms with Crippen molar-refractivity contribution < 1.29 is 9.72 Å². The molecule has 5 heteroatoms. The fourth-order valence-electron chi connectivity index (χ4n) is 4.01. The number of benzene rings is 3. The standard InChI is InChI=1S/C26H22N2O3/c1-18-26(19(2)29)25(17-27(18)16-20-9-4-3-5-10-20)24-14-7-6-13-23(24)21-11-8-12-22(15-21)28(30)31/h3-15,17H,16H2,1-2H3. The van der Waals surface area contributed by atoms with Gasteiger partial charge in [-0.25, -0.2) is 0 Å². The molecule has 0 atom stereocenters. The minimum Gasteiger partial charge on any atom is -0.346 e. The first-order valence-corrected chi connectivity index (χ1v) is 10.0. The van der Waals surface area contributed by atoms with Crippen LogP contribution in [0.2, 0.25) is 0 Å². The number of aromatic nitrogens is 1. The third kappa shape index (κ3) is 4.03. The number of hydrogen-bond donors (Lipinski definition) is 0. The van der Waals surface area contributed by atoms with E-state index in [-0.39, 0.29) is 11.5 Å². The predicted octanol–water partition coefficient (Wildman–Crippen LogP) is 6.29. The zero-order chi connectivity index (χ0) is 22.0. The van der Waals surface area contributed by atoms with Crippen LogP contribution < -0.4 is 0 Å². The first kappa shape index (κ1) is 20.3. The van der Waals surface area contributed by atoms with Crippen LogP contribution in [0.3, 0.4) is 0 Å². The van der Waals surface area contributed by atoms with Crippen LogP contribution in [0.4, 0.5) is 5.69 Å². The van der Waals surface area contributed by atoms with Crippen LogP contribution >= 0.6 is 0 Å². The van der Waals surface area contributed by atoms with Crippen molar-refractivity contribution in [2.75, 3.05) is 0 Å². The number of non-ortho nitro benzene ring substituents is 1. The summed E-state index contributed by atoms with van der Waals surface area (Å²) in [6.07, 6.45) is 2.01. The Labute approximate surface area is 180 Å². The van der Waals surface area contributed by atoms with Crippen molar-refractivity contribution in [1.82, 2.24) is 4.57 Å². The van der Waals surface area contributed by atoms with E-state index in [0.29, 0.717) is 12.1 Å². The zero-order valence-electron chi connectivity index (χ0n) is 17.4. The Hall–Kier alpha value is -3.99. The quantitative estimate of drug-likeness (QED) is 0.213. The van der Waals surface area contributed by atoms with Gasteiger partial charge in [-0.1, -0.05) is 66.7 Å². The van der Waals surface area contributed by atoms with Crippen LogP contribution in [-0.2, 0) is 6.54 Å². The van der Waals surface area contributed by atoms with Gasteiger partial charge in [0, 0.05) is 41.7 Å². The van der Waals surface area contributed by atoms with Crippen LogP contribution in [0.5, 0.6) is 0 Å². The number of carbonyl (C=O) groups excluding carboxylic acids is 1. The Morgan fingerprint density at radius 2 is 1.58 bits per heavy atom. The molecule has 0 saturated carbocycles. The molecular formula is C26H22N2O3. The average molecular weight is 410 g/mol. The summed E-state index contributed by atoms with van der Waals surface area (Å²) >= 11 is 0. The molecule has 4 rings (SSSR count). The van der Waals surface area contributed by atoms with Gasteiger partial charge in [0.2, 0.25) is 0 Å². The Bertz CT molecular complexity index is 1270. The second kappa shape index (κ2) is 8.40. The normalized spacial score (nSPS) is 10.8. The largest absolute Gasteiger partial charge is 0.346 e. The number of nitro benzene ring substituents is 1. The van der Waals surface area contributed by atoms with Gasteiger partial charge in [0.1, 0.15) is 0 Å². The van der Waals surface area contributed by atoms with Crippen molar-refractivity contribution in [3.63, 3.8) is 0 Å². The molecule has 1 heterocycles. The summed E-state index contributed by atoms with van der Waals surface area (Å²) in [7, 11) is 0. The van der Waals surface area contributed by atoms with Crippen molar-refractivity contribution in [3.8, 4) is 22.3 Å². The summed E-state index contributed by atoms with van der Waals surface area (Å²) in [5.74, 6) is -0.00634. The molecule has 0 aliphatic heterocycles. The topological polar surface area (TPSA) is 65.1 Å². The van der Waals surface area contributed by atoms with Crippen LogP contribution in [0.15, 0.2) is 85.1 Å². The molecule has 5 nitrogen and oxygen atoms in total. The Balaban J connectivity index is 1.87. The highest BCUT2D eigenvalue weighted by Gasteiger charge is 2.20. The molecule has 154 valence electrons. The van der Waals surface area contributed by atoms with Gasteiger partial charge < -0.3 is 4.57 Å². The van der Waals surface area contributed by atoms with E-state index in [1.54, 1.807) is 19.1 Å². The van der Waals surface area contributed by atoms with E-state index in [1.807, 2.05) is 61.7 Å². The molecule has 0 saturated heterocycles. The number of ketones is 1. The lowest BCUT2D eigenvalue weighted by atomic mass is 9.92. The molecule has 0 radical (unpaired) electrons. The maximum absolute atomic E-state index is 12.6. The molecule has 0 amide bonds. The minimum absolute atomic E-state index is 0.00634. The summed E-state index contributed by atoms with van der Waals surface area (Å²) in [4.78, 5) is 23.5. The molecule has 4 aromatic rings. The summed E-state index contributed by atoms with van der Waals surface area (Å²) in [6.45, 7) is 4.19. The number of nitro groups is 1. The van der Waals surface area contributed by atoms with Crippen molar-refractivity contribution in [2.24, 2.45) is 0 Å². The molecule has 0 fully saturated rings. The van der Waals surface area contributed by atoms with E-state index in [2.05, 4.69) is 16.7 Å². The lowest BCUT2D eigenvalue weighted by Gasteiger charge is -2.10. The highest BCUT2D eigenvalue weighted by molar-refractivity contribution is 6.04. The fourth-order valence-corrected chi connectivity index (χ4v) is 4.01. The Morgan fingerprint density at radius 1 is 0.903 bits per heavy atom. The van der Waals surface area contributed by atoms with Crippen molar-refractivity contribution >= 4 is 11.5 Å². The van der Waals surface area contributed by atoms with Gasteiger partial charge in [-0.05, 0) is 36.1 Å². The molecular weight excluding hydrogens is 388 g/mol. The summed E-state index contributed by atoms with van der Waals surface area (Å²) < 4.78 is 2.09. The molecule has 3 aromatic carbocycles. The highest BCUT2D eigenvalue weighted by Crippen LogP contribution is 2.37. The number of rotatable bonds is 6. The monoisotopic (exact) mass is 410 g/mol. The molecule has 31 heavy (non-hydrogen) atoms. The van der Waals surface area contributed by atoms with Crippen molar-refractivity contribution in [3.05, 3.63) is 112 Å². The molecule has 0 bridgehead atoms. The van der Waals surface area contributed by atoms with E-state index >= 15 is 0 Å². The number of carbonyl (C=O) groups is 1. The molecule has 0 aliphatic carbocycles. The van der Waals surface area contributed by atoms with Crippen LogP contribution in [-0.4, -0.2) is 15.3 Å². The lowest BCUT2D eigenvalue weighted by molar-refractivity contribution is -0.384. The Kier molecular flexibility index (Phi) is 5.50. The van der Waals surface area contributed by atoms with Gasteiger partial charge in [-0.15, -0.1) is 0 Å². The van der Waals surface area contributed by atoms with E-state index in [1.165, 1.54) is 6.07 Å². The van der Waals surface area contributed by atoms with Gasteiger partial charge in [-0.3, -0.25) is 14.9 Å². The van der Waals surface area contributed by atoms with E-state index in [4.69, 9.17) is 0 Å². The van der Waals surface area contributed by atoms with Crippen molar-refractivity contribution in [1.29, 1.82) is 0 Å². The summed E-state index contributed by atoms with van der Waals surface area (Å²) in [5.41, 5.74) is 6.07. The SMILES string of the molecule is CC(=O)c1c(-c2ccccc2-c2cccc([N+](=O)[O-])c2)cn(Cc2ccccc2)c1C. The maximum atomic E-state index is 12.6. The molecule has 0 aliphatic rings. The van der Waals surface area contributed by atoms with Gasteiger partial charge >= 0.3 is 0 Å². The Morgan fingerprint density at radius 3 is 2.26 bits per heavy atom. The van der Waals surface area contributed by atoms with Crippen LogP contribution in [0, 0.1) is 17.0 Å². The fraction of sp³-hybridized carbons (Fsp3) is 0.115. The van der Waals surface area contributed by atoms with Crippen LogP contribution in [0.1, 0.15) is 28.5 Å². The second-order valence-electron chi connectivity index (χ2n) is 7.53. The number of hydrogen-bond acceptors (Lipinski definition) is 3. The third-order valence-corrected chi connectivity index (χ3v) is 5.48. The predicted molar refractivity (Wildman–Crippen MR) is 122 cm³/mol. The molecule has 1 aromatic heterocycles. The second-order valence-corrected chi connectivity index (χ2v) is 7.53. The summed E-state index contributed by atoms with van der Waals surface area (Å²) in [6, 6.07) is 24.4. The smallest absolute Gasteiger partial charge is 0.270 e. The molecule has 0 N–H and O–H groups in total. The van der Waals surface area contributed by atoms with Crippen LogP contribution in [0.25, 0.3) is 22.3 Å². The number of Topliss-reactive ketones (excluding diaryl/α,β-unsaturated/α-hetero) is 1. The van der Waals surface area contributed by atoms with E-state index in [9.17, 15) is 14.9 Å². The van der Waals surface area contributed by atoms with Crippen molar-refractivity contribution in [2.45, 2.75) is 20.4 Å². The molecule has 0 spiro atoms. The highest BCUT2D eigenvalue weighted by atomic mass is 16.6. The first-order valence-electron chi connectivity index (χ1n) is 10.0. The van der Waals surface area contributed by atoms with E-state index in [0.717, 1.165) is 33.5 Å². The lowest BCUT2D eigenvalue weighted by Crippen LogP contribution is -2.02. The molecule has 0 unspecified atom stereocenters. The van der Waals surface area contributed by atoms with Gasteiger partial charge in [0.25, 0.3) is 5.69 Å². The van der Waals surface area contributed by atoms with Gasteiger partial charge in [-0.2, -0.15) is 0 Å². The minimum atomic E-state index is -0.395. The van der Waals surface area contributed by atoms with Gasteiger partial charge in [0.05, 0.1) is 4.92 Å². The summed E-state index contributed by atoms with van der Waals surface area (Å²) in [5, 5.41) is 11.3. The zero-order valence-corrected chi connectivity index (χ0v) is 17.4.